The highest BCUT2D eigenvalue weighted by Gasteiger charge is 2.30. The summed E-state index contributed by atoms with van der Waals surface area (Å²) in [5.74, 6) is -0.966. The van der Waals surface area contributed by atoms with Crippen LogP contribution >= 0.6 is 0 Å². The average molecular weight is 476 g/mol. The van der Waals surface area contributed by atoms with E-state index in [1.807, 2.05) is 32.9 Å². The number of pyridine rings is 1. The highest BCUT2D eigenvalue weighted by Crippen LogP contribution is 2.45. The zero-order valence-electron chi connectivity index (χ0n) is 20.2. The van der Waals surface area contributed by atoms with Gasteiger partial charge in [0.05, 0.1) is 17.5 Å². The van der Waals surface area contributed by atoms with E-state index in [-0.39, 0.29) is 5.92 Å². The number of nitrogens with zero attached hydrogens (tertiary/aromatic N) is 1. The van der Waals surface area contributed by atoms with Gasteiger partial charge in [0, 0.05) is 16.7 Å². The van der Waals surface area contributed by atoms with Crippen molar-refractivity contribution < 1.29 is 18.3 Å². The molecule has 0 saturated heterocycles. The maximum absolute atomic E-state index is 16.4. The molecule has 1 heterocycles. The van der Waals surface area contributed by atoms with Crippen LogP contribution < -0.4 is 0 Å². The van der Waals surface area contributed by atoms with Gasteiger partial charge in [-0.15, -0.1) is 0 Å². The summed E-state index contributed by atoms with van der Waals surface area (Å²) in [6, 6.07) is 18.8. The number of aryl methyl sites for hydroxylation is 1. The van der Waals surface area contributed by atoms with Gasteiger partial charge in [-0.05, 0) is 72.9 Å². The Kier molecular flexibility index (Phi) is 7.08. The van der Waals surface area contributed by atoms with Crippen LogP contribution in [0.1, 0.15) is 66.9 Å². The lowest BCUT2D eigenvalue weighted by Gasteiger charge is -2.27. The summed E-state index contributed by atoms with van der Waals surface area (Å²) < 4.78 is 44.0. The van der Waals surface area contributed by atoms with Crippen LogP contribution in [0, 0.1) is 18.6 Å². The molecule has 5 heteroatoms. The first kappa shape index (κ1) is 24.7. The molecule has 1 N–H and O–H groups in total. The molecule has 0 aliphatic heterocycles. The van der Waals surface area contributed by atoms with Crippen molar-refractivity contribution in [2.45, 2.75) is 45.9 Å². The fraction of sp³-hybridized carbons (Fsp3) is 0.233. The van der Waals surface area contributed by atoms with Crippen LogP contribution in [0.4, 0.5) is 13.2 Å². The molecule has 180 valence electrons. The van der Waals surface area contributed by atoms with Crippen LogP contribution in [-0.4, -0.2) is 10.1 Å². The molecule has 2 unspecified atom stereocenters. The van der Waals surface area contributed by atoms with Crippen molar-refractivity contribution in [1.82, 2.24) is 4.98 Å². The number of hydrogen-bond donors (Lipinski definition) is 1. The molecular weight excluding hydrogens is 447 g/mol. The van der Waals surface area contributed by atoms with E-state index in [9.17, 15) is 13.9 Å². The van der Waals surface area contributed by atoms with E-state index in [0.29, 0.717) is 44.8 Å². The van der Waals surface area contributed by atoms with E-state index in [4.69, 9.17) is 4.98 Å². The van der Waals surface area contributed by atoms with Crippen molar-refractivity contribution in [3.63, 3.8) is 0 Å². The van der Waals surface area contributed by atoms with E-state index in [0.717, 1.165) is 5.56 Å². The van der Waals surface area contributed by atoms with Gasteiger partial charge in [0.1, 0.15) is 11.6 Å². The van der Waals surface area contributed by atoms with Gasteiger partial charge < -0.3 is 5.11 Å². The third-order valence-electron chi connectivity index (χ3n) is 6.14. The Morgan fingerprint density at radius 1 is 0.714 bits per heavy atom. The number of halogens is 3. The van der Waals surface area contributed by atoms with Crippen LogP contribution in [0.15, 0.2) is 72.8 Å². The summed E-state index contributed by atoms with van der Waals surface area (Å²) in [4.78, 5) is 4.86. The number of benzene rings is 3. The fourth-order valence-corrected chi connectivity index (χ4v) is 4.39. The number of aromatic nitrogens is 1. The smallest absolute Gasteiger partial charge is 0.153 e. The summed E-state index contributed by atoms with van der Waals surface area (Å²) in [6.07, 6.45) is -2.55. The zero-order valence-corrected chi connectivity index (χ0v) is 20.2. The first-order valence-electron chi connectivity index (χ1n) is 11.7. The van der Waals surface area contributed by atoms with Crippen LogP contribution in [0.25, 0.3) is 22.4 Å². The average Bonchev–Trinajstić information content (AvgIpc) is 2.83. The monoisotopic (exact) mass is 475 g/mol. The Morgan fingerprint density at radius 2 is 1.23 bits per heavy atom. The summed E-state index contributed by atoms with van der Waals surface area (Å²) >= 11 is 0. The standard InChI is InChI=1S/C30H28F3NO/c1-17(2)29-27(28(33)21-7-5-18(3)6-8-21)26(20-9-13-23(31)14-10-20)25(19(4)35)30(34-29)22-11-15-24(32)16-12-22/h5-17,19,28,35H,1-4H3. The molecule has 0 fully saturated rings. The molecule has 35 heavy (non-hydrogen) atoms. The predicted octanol–water partition coefficient (Wildman–Crippen LogP) is 8.24. The van der Waals surface area contributed by atoms with E-state index in [1.54, 1.807) is 43.3 Å². The molecule has 2 nitrogen and oxygen atoms in total. The Morgan fingerprint density at radius 3 is 1.71 bits per heavy atom. The number of alkyl halides is 1. The van der Waals surface area contributed by atoms with Crippen molar-refractivity contribution >= 4 is 0 Å². The van der Waals surface area contributed by atoms with Gasteiger partial charge in [-0.1, -0.05) is 55.8 Å². The van der Waals surface area contributed by atoms with Crippen LogP contribution in [0.5, 0.6) is 0 Å². The molecule has 1 aromatic heterocycles. The molecule has 4 aromatic rings. The fourth-order valence-electron chi connectivity index (χ4n) is 4.39. The quantitative estimate of drug-likeness (QED) is 0.305. The summed E-state index contributed by atoms with van der Waals surface area (Å²) in [5.41, 5.74) is 4.86. The maximum atomic E-state index is 16.4. The lowest BCUT2D eigenvalue weighted by molar-refractivity contribution is 0.199. The second kappa shape index (κ2) is 10.0. The van der Waals surface area contributed by atoms with Crippen LogP contribution in [0.2, 0.25) is 0 Å². The molecule has 2 atom stereocenters. The van der Waals surface area contributed by atoms with Gasteiger partial charge in [0.2, 0.25) is 0 Å². The first-order valence-corrected chi connectivity index (χ1v) is 11.7. The van der Waals surface area contributed by atoms with Gasteiger partial charge >= 0.3 is 0 Å². The second-order valence-corrected chi connectivity index (χ2v) is 9.17. The van der Waals surface area contributed by atoms with Gasteiger partial charge in [-0.25, -0.2) is 13.2 Å². The minimum Gasteiger partial charge on any atom is -0.389 e. The first-order chi connectivity index (χ1) is 16.7. The summed E-state index contributed by atoms with van der Waals surface area (Å²) in [5, 5.41) is 10.9. The van der Waals surface area contributed by atoms with Crippen LogP contribution in [-0.2, 0) is 0 Å². The highest BCUT2D eigenvalue weighted by molar-refractivity contribution is 5.81. The number of aliphatic hydroxyl groups is 1. The molecule has 4 rings (SSSR count). The minimum absolute atomic E-state index is 0.157. The third kappa shape index (κ3) is 5.01. The van der Waals surface area contributed by atoms with Crippen molar-refractivity contribution in [1.29, 1.82) is 0 Å². The second-order valence-electron chi connectivity index (χ2n) is 9.17. The van der Waals surface area contributed by atoms with Crippen molar-refractivity contribution in [3.05, 3.63) is 112 Å². The van der Waals surface area contributed by atoms with Gasteiger partial charge in [-0.2, -0.15) is 0 Å². The number of rotatable bonds is 6. The molecule has 3 aromatic carbocycles. The summed E-state index contributed by atoms with van der Waals surface area (Å²) in [6.45, 7) is 7.39. The van der Waals surface area contributed by atoms with E-state index in [1.165, 1.54) is 24.3 Å². The van der Waals surface area contributed by atoms with Crippen LogP contribution in [0.3, 0.4) is 0 Å². The SMILES string of the molecule is Cc1ccc(C(F)c2c(C(C)C)nc(-c3ccc(F)cc3)c(C(C)O)c2-c2ccc(F)cc2)cc1. The van der Waals surface area contributed by atoms with Crippen molar-refractivity contribution in [3.8, 4) is 22.4 Å². The van der Waals surface area contributed by atoms with Crippen molar-refractivity contribution in [2.24, 2.45) is 0 Å². The Balaban J connectivity index is 2.12. The van der Waals surface area contributed by atoms with Gasteiger partial charge in [-0.3, -0.25) is 4.98 Å². The lowest BCUT2D eigenvalue weighted by atomic mass is 9.83. The lowest BCUT2D eigenvalue weighted by Crippen LogP contribution is -2.13. The van der Waals surface area contributed by atoms with E-state index in [2.05, 4.69) is 0 Å². The van der Waals surface area contributed by atoms with Gasteiger partial charge in [0.25, 0.3) is 0 Å². The molecule has 0 amide bonds. The zero-order chi connectivity index (χ0) is 25.3. The van der Waals surface area contributed by atoms with Gasteiger partial charge in [0.15, 0.2) is 6.17 Å². The Bertz CT molecular complexity index is 1310. The molecule has 0 bridgehead atoms. The van der Waals surface area contributed by atoms with E-state index < -0.39 is 23.9 Å². The summed E-state index contributed by atoms with van der Waals surface area (Å²) in [7, 11) is 0. The number of hydrogen-bond acceptors (Lipinski definition) is 2. The van der Waals surface area contributed by atoms with Crippen molar-refractivity contribution in [2.75, 3.05) is 0 Å². The largest absolute Gasteiger partial charge is 0.389 e. The number of aliphatic hydroxyl groups excluding tert-OH is 1. The van der Waals surface area contributed by atoms with E-state index >= 15 is 4.39 Å². The normalized spacial score (nSPS) is 13.2. The third-order valence-corrected chi connectivity index (χ3v) is 6.14. The minimum atomic E-state index is -1.53. The highest BCUT2D eigenvalue weighted by atomic mass is 19.1. The molecule has 0 spiro atoms. The molecule has 0 saturated carbocycles. The topological polar surface area (TPSA) is 33.1 Å². The maximum Gasteiger partial charge on any atom is 0.153 e. The molecule has 0 radical (unpaired) electrons. The molecule has 0 aliphatic rings. The Labute approximate surface area is 204 Å². The Hall–Kier alpha value is -3.44. The predicted molar refractivity (Wildman–Crippen MR) is 134 cm³/mol. The molecular formula is C30H28F3NO. The molecule has 0 aliphatic carbocycles.